The Morgan fingerprint density at radius 1 is 1.12 bits per heavy atom. The molecular formula is C18H20F2N2O2. The van der Waals surface area contributed by atoms with E-state index in [0.29, 0.717) is 6.54 Å². The summed E-state index contributed by atoms with van der Waals surface area (Å²) in [4.78, 5) is 14.2. The average molecular weight is 334 g/mol. The van der Waals surface area contributed by atoms with E-state index in [1.165, 1.54) is 12.1 Å². The molecule has 2 aromatic carbocycles. The molecule has 24 heavy (non-hydrogen) atoms. The zero-order chi connectivity index (χ0) is 17.5. The Morgan fingerprint density at radius 2 is 1.75 bits per heavy atom. The molecule has 1 unspecified atom stereocenters. The van der Waals surface area contributed by atoms with Gasteiger partial charge in [-0.05, 0) is 23.3 Å². The molecule has 2 N–H and O–H groups in total. The summed E-state index contributed by atoms with van der Waals surface area (Å²) in [6, 6.07) is 15.6. The number of ether oxygens (including phenoxy) is 1. The molecule has 0 aliphatic rings. The van der Waals surface area contributed by atoms with Gasteiger partial charge in [0.1, 0.15) is 5.75 Å². The third-order valence-electron chi connectivity index (χ3n) is 3.68. The molecule has 128 valence electrons. The molecule has 0 aliphatic carbocycles. The van der Waals surface area contributed by atoms with Crippen LogP contribution in [0.1, 0.15) is 17.0 Å². The highest BCUT2D eigenvalue weighted by atomic mass is 19.3. The minimum Gasteiger partial charge on any atom is -0.435 e. The number of nitrogens with two attached hydrogens (primary N) is 1. The third kappa shape index (κ3) is 4.76. The van der Waals surface area contributed by atoms with E-state index in [1.54, 1.807) is 24.1 Å². The van der Waals surface area contributed by atoms with Crippen molar-refractivity contribution in [2.24, 2.45) is 5.73 Å². The lowest BCUT2D eigenvalue weighted by molar-refractivity contribution is -0.131. The van der Waals surface area contributed by atoms with E-state index in [9.17, 15) is 13.6 Å². The number of amides is 1. The smallest absolute Gasteiger partial charge is 0.387 e. The van der Waals surface area contributed by atoms with Crippen molar-refractivity contribution in [2.45, 2.75) is 19.1 Å². The highest BCUT2D eigenvalue weighted by Gasteiger charge is 2.22. The molecule has 0 aromatic heterocycles. The SMILES string of the molecule is CN(Cc1ccc(OC(F)F)cc1)C(=O)C(CN)c1ccccc1. The number of alkyl halides is 2. The van der Waals surface area contributed by atoms with Crippen molar-refractivity contribution in [1.29, 1.82) is 0 Å². The van der Waals surface area contributed by atoms with E-state index in [4.69, 9.17) is 5.73 Å². The molecule has 1 amide bonds. The number of hydrogen-bond donors (Lipinski definition) is 1. The average Bonchev–Trinajstić information content (AvgIpc) is 2.57. The Balaban J connectivity index is 2.02. The third-order valence-corrected chi connectivity index (χ3v) is 3.68. The maximum Gasteiger partial charge on any atom is 0.387 e. The lowest BCUT2D eigenvalue weighted by Gasteiger charge is -2.23. The van der Waals surface area contributed by atoms with Crippen LogP contribution < -0.4 is 10.5 Å². The largest absolute Gasteiger partial charge is 0.435 e. The van der Waals surface area contributed by atoms with Crippen LogP contribution in [0.5, 0.6) is 5.75 Å². The van der Waals surface area contributed by atoms with Crippen LogP contribution >= 0.6 is 0 Å². The van der Waals surface area contributed by atoms with Crippen LogP contribution in [0.2, 0.25) is 0 Å². The minimum atomic E-state index is -2.85. The summed E-state index contributed by atoms with van der Waals surface area (Å²) in [5.74, 6) is -0.402. The summed E-state index contributed by atoms with van der Waals surface area (Å²) in [5.41, 5.74) is 7.46. The highest BCUT2D eigenvalue weighted by Crippen LogP contribution is 2.19. The van der Waals surface area contributed by atoms with Gasteiger partial charge in [-0.3, -0.25) is 4.79 Å². The Hall–Kier alpha value is -2.47. The number of carbonyl (C=O) groups is 1. The molecule has 4 nitrogen and oxygen atoms in total. The van der Waals surface area contributed by atoms with E-state index < -0.39 is 12.5 Å². The number of nitrogens with zero attached hydrogens (tertiary/aromatic N) is 1. The quantitative estimate of drug-likeness (QED) is 0.847. The highest BCUT2D eigenvalue weighted by molar-refractivity contribution is 5.83. The number of carbonyl (C=O) groups excluding carboxylic acids is 1. The van der Waals surface area contributed by atoms with Crippen LogP contribution in [-0.4, -0.2) is 31.0 Å². The van der Waals surface area contributed by atoms with Gasteiger partial charge in [0.05, 0.1) is 5.92 Å². The van der Waals surface area contributed by atoms with Crippen LogP contribution in [0.15, 0.2) is 54.6 Å². The second-order valence-electron chi connectivity index (χ2n) is 5.42. The molecule has 2 aromatic rings. The molecular weight excluding hydrogens is 314 g/mol. The fourth-order valence-corrected chi connectivity index (χ4v) is 2.46. The summed E-state index contributed by atoms with van der Waals surface area (Å²) in [7, 11) is 1.69. The Kier molecular flexibility index (Phi) is 6.26. The van der Waals surface area contributed by atoms with E-state index in [1.807, 2.05) is 30.3 Å². The van der Waals surface area contributed by atoms with E-state index in [0.717, 1.165) is 11.1 Å². The molecule has 6 heteroatoms. The first-order valence-corrected chi connectivity index (χ1v) is 7.55. The molecule has 0 bridgehead atoms. The molecule has 0 saturated heterocycles. The minimum absolute atomic E-state index is 0.0865. The van der Waals surface area contributed by atoms with E-state index in [2.05, 4.69) is 4.74 Å². The molecule has 0 saturated carbocycles. The van der Waals surface area contributed by atoms with Gasteiger partial charge in [0.15, 0.2) is 0 Å². The van der Waals surface area contributed by atoms with Gasteiger partial charge >= 0.3 is 6.61 Å². The van der Waals surface area contributed by atoms with Gasteiger partial charge in [-0.25, -0.2) is 0 Å². The number of likely N-dealkylation sites (N-methyl/N-ethyl adjacent to an activating group) is 1. The Bertz CT molecular complexity index is 648. The molecule has 0 spiro atoms. The van der Waals surface area contributed by atoms with E-state index >= 15 is 0 Å². The second kappa shape index (κ2) is 8.40. The maximum absolute atomic E-state index is 12.6. The first-order valence-electron chi connectivity index (χ1n) is 7.55. The first kappa shape index (κ1) is 17.9. The van der Waals surface area contributed by atoms with Crippen molar-refractivity contribution < 1.29 is 18.3 Å². The van der Waals surface area contributed by atoms with Crippen molar-refractivity contribution in [2.75, 3.05) is 13.6 Å². The van der Waals surface area contributed by atoms with E-state index in [-0.39, 0.29) is 18.2 Å². The summed E-state index contributed by atoms with van der Waals surface area (Å²) in [6.07, 6.45) is 0. The zero-order valence-electron chi connectivity index (χ0n) is 13.4. The molecule has 0 heterocycles. The summed E-state index contributed by atoms with van der Waals surface area (Å²) in [6.45, 7) is -2.28. The number of halogens is 2. The van der Waals surface area contributed by atoms with Gasteiger partial charge in [0, 0.05) is 20.1 Å². The van der Waals surface area contributed by atoms with Crippen molar-refractivity contribution in [1.82, 2.24) is 4.90 Å². The molecule has 0 fully saturated rings. The fourth-order valence-electron chi connectivity index (χ4n) is 2.46. The summed E-state index contributed by atoms with van der Waals surface area (Å²) >= 11 is 0. The zero-order valence-corrected chi connectivity index (χ0v) is 13.4. The predicted molar refractivity (Wildman–Crippen MR) is 87.8 cm³/mol. The van der Waals surface area contributed by atoms with Crippen LogP contribution in [0.3, 0.4) is 0 Å². The van der Waals surface area contributed by atoms with Crippen LogP contribution in [0, 0.1) is 0 Å². The van der Waals surface area contributed by atoms with Gasteiger partial charge in [0.25, 0.3) is 0 Å². The number of hydrogen-bond acceptors (Lipinski definition) is 3. The molecule has 1 atom stereocenters. The fraction of sp³-hybridized carbons (Fsp3) is 0.278. The van der Waals surface area contributed by atoms with Gasteiger partial charge in [-0.1, -0.05) is 42.5 Å². The second-order valence-corrected chi connectivity index (χ2v) is 5.42. The topological polar surface area (TPSA) is 55.6 Å². The van der Waals surface area contributed by atoms with Gasteiger partial charge in [-0.2, -0.15) is 8.78 Å². The Morgan fingerprint density at radius 3 is 2.29 bits per heavy atom. The summed E-state index contributed by atoms with van der Waals surface area (Å²) in [5, 5.41) is 0. The summed E-state index contributed by atoms with van der Waals surface area (Å²) < 4.78 is 28.6. The van der Waals surface area contributed by atoms with Gasteiger partial charge < -0.3 is 15.4 Å². The van der Waals surface area contributed by atoms with Crippen LogP contribution in [0.25, 0.3) is 0 Å². The lowest BCUT2D eigenvalue weighted by Crippen LogP contribution is -2.34. The number of rotatable bonds is 7. The molecule has 2 rings (SSSR count). The van der Waals surface area contributed by atoms with Crippen LogP contribution in [0.4, 0.5) is 8.78 Å². The van der Waals surface area contributed by atoms with Gasteiger partial charge in [-0.15, -0.1) is 0 Å². The van der Waals surface area contributed by atoms with Crippen LogP contribution in [-0.2, 0) is 11.3 Å². The maximum atomic E-state index is 12.6. The molecule has 0 aliphatic heterocycles. The standard InChI is InChI=1S/C18H20F2N2O2/c1-22(12-13-7-9-15(10-8-13)24-18(19)20)17(23)16(11-21)14-5-3-2-4-6-14/h2-10,16,18H,11-12,21H2,1H3. The number of benzene rings is 2. The van der Waals surface area contributed by atoms with Gasteiger partial charge in [0.2, 0.25) is 5.91 Å². The Labute approximate surface area is 139 Å². The monoisotopic (exact) mass is 334 g/mol. The van der Waals surface area contributed by atoms with Crippen molar-refractivity contribution in [3.63, 3.8) is 0 Å². The van der Waals surface area contributed by atoms with Crippen molar-refractivity contribution >= 4 is 5.91 Å². The van der Waals surface area contributed by atoms with Crippen molar-refractivity contribution in [3.8, 4) is 5.75 Å². The lowest BCUT2D eigenvalue weighted by atomic mass is 9.97. The first-order chi connectivity index (χ1) is 11.5. The normalized spacial score (nSPS) is 12.0. The molecule has 0 radical (unpaired) electrons. The van der Waals surface area contributed by atoms with Crippen molar-refractivity contribution in [3.05, 3.63) is 65.7 Å². The predicted octanol–water partition coefficient (Wildman–Crippen LogP) is 2.99.